The number of hydrogen-bond donors (Lipinski definition) is 3. The van der Waals surface area contributed by atoms with E-state index in [-0.39, 0.29) is 0 Å². The van der Waals surface area contributed by atoms with Gasteiger partial charge in [0.2, 0.25) is 0 Å². The molecule has 2 heterocycles. The number of β-amino-alcohol motifs (C(OH)–C–C–N with tert-alkyl or cyclic N) is 2. The zero-order valence-electron chi connectivity index (χ0n) is 11.8. The maximum atomic E-state index is 10.7. The van der Waals surface area contributed by atoms with Crippen LogP contribution in [0.15, 0.2) is 6.20 Å². The van der Waals surface area contributed by atoms with Crippen molar-refractivity contribution in [3.05, 3.63) is 11.9 Å². The van der Waals surface area contributed by atoms with Crippen LogP contribution in [0.1, 0.15) is 45.2 Å². The van der Waals surface area contributed by atoms with E-state index in [4.69, 9.17) is 0 Å². The molecule has 1 aromatic rings. The third kappa shape index (κ3) is 3.13. The van der Waals surface area contributed by atoms with Gasteiger partial charge >= 0.3 is 0 Å². The molecule has 0 aliphatic carbocycles. The molecule has 6 heteroatoms. The van der Waals surface area contributed by atoms with Gasteiger partial charge in [0.05, 0.1) is 11.8 Å². The van der Waals surface area contributed by atoms with Crippen LogP contribution in [-0.4, -0.2) is 55.8 Å². The van der Waals surface area contributed by atoms with E-state index in [0.29, 0.717) is 25.2 Å². The van der Waals surface area contributed by atoms with Gasteiger partial charge in [0.15, 0.2) is 0 Å². The molecule has 108 valence electrons. The molecule has 1 saturated heterocycles. The number of likely N-dealkylation sites (tertiary alicyclic amines) is 1. The summed E-state index contributed by atoms with van der Waals surface area (Å²) < 4.78 is 0. The van der Waals surface area contributed by atoms with Gasteiger partial charge in [-0.1, -0.05) is 13.8 Å². The van der Waals surface area contributed by atoms with Gasteiger partial charge in [-0.15, -0.1) is 0 Å². The summed E-state index contributed by atoms with van der Waals surface area (Å²) in [5, 5.41) is 31.5. The van der Waals surface area contributed by atoms with E-state index in [9.17, 15) is 10.2 Å². The molecule has 2 rings (SSSR count). The van der Waals surface area contributed by atoms with Crippen molar-refractivity contribution in [2.45, 2.75) is 50.7 Å². The summed E-state index contributed by atoms with van der Waals surface area (Å²) in [5.74, 6) is 0. The topological polar surface area (TPSA) is 85.3 Å². The van der Waals surface area contributed by atoms with E-state index >= 15 is 0 Å². The predicted molar refractivity (Wildman–Crippen MR) is 71.5 cm³/mol. The minimum atomic E-state index is -0.951. The lowest BCUT2D eigenvalue weighted by atomic mass is 9.88. The van der Waals surface area contributed by atoms with Gasteiger partial charge in [-0.25, -0.2) is 0 Å². The number of aliphatic hydroxyl groups is 2. The maximum Gasteiger partial charge on any atom is 0.123 e. The Balaban J connectivity index is 2.05. The standard InChI is InChI=1S/C13H24N4O2/c1-3-12(18,4-2)9-17-7-5-6-13(19,10-17)11-8-14-16-15-11/h8,18-19H,3-7,9-10H2,1-2H3,(H,14,15,16). The van der Waals surface area contributed by atoms with Gasteiger partial charge in [0.25, 0.3) is 0 Å². The molecule has 0 aromatic carbocycles. The molecule has 1 aliphatic heterocycles. The number of aromatic nitrogens is 3. The second kappa shape index (κ2) is 5.56. The van der Waals surface area contributed by atoms with E-state index in [1.807, 2.05) is 13.8 Å². The molecule has 1 atom stereocenters. The lowest BCUT2D eigenvalue weighted by Crippen LogP contribution is -2.51. The summed E-state index contributed by atoms with van der Waals surface area (Å²) >= 11 is 0. The second-order valence-electron chi connectivity index (χ2n) is 5.63. The smallest absolute Gasteiger partial charge is 0.123 e. The van der Waals surface area contributed by atoms with Crippen LogP contribution < -0.4 is 0 Å². The van der Waals surface area contributed by atoms with Gasteiger partial charge < -0.3 is 10.2 Å². The Hall–Kier alpha value is -0.980. The molecule has 1 fully saturated rings. The molecule has 3 N–H and O–H groups in total. The molecular formula is C13H24N4O2. The monoisotopic (exact) mass is 268 g/mol. The summed E-state index contributed by atoms with van der Waals surface area (Å²) in [6.07, 6.45) is 4.61. The van der Waals surface area contributed by atoms with Crippen LogP contribution in [0.25, 0.3) is 0 Å². The number of rotatable bonds is 5. The predicted octanol–water partition coefficient (Wildman–Crippen LogP) is 0.639. The first-order valence-corrected chi connectivity index (χ1v) is 7.05. The summed E-state index contributed by atoms with van der Waals surface area (Å²) in [4.78, 5) is 2.13. The number of aromatic amines is 1. The molecule has 1 aromatic heterocycles. The normalized spacial score (nSPS) is 25.7. The summed E-state index contributed by atoms with van der Waals surface area (Å²) in [6.45, 7) is 6.00. The fourth-order valence-corrected chi connectivity index (χ4v) is 2.78. The molecule has 0 bridgehead atoms. The van der Waals surface area contributed by atoms with Crippen molar-refractivity contribution < 1.29 is 10.2 Å². The highest BCUT2D eigenvalue weighted by atomic mass is 16.3. The Morgan fingerprint density at radius 1 is 1.47 bits per heavy atom. The molecule has 0 amide bonds. The zero-order valence-corrected chi connectivity index (χ0v) is 11.8. The van der Waals surface area contributed by atoms with Crippen LogP contribution in [0.4, 0.5) is 0 Å². The van der Waals surface area contributed by atoms with E-state index in [1.54, 1.807) is 6.20 Å². The van der Waals surface area contributed by atoms with Gasteiger partial charge in [-0.2, -0.15) is 15.4 Å². The van der Waals surface area contributed by atoms with E-state index < -0.39 is 11.2 Å². The molecule has 6 nitrogen and oxygen atoms in total. The zero-order chi connectivity index (χ0) is 13.9. The van der Waals surface area contributed by atoms with E-state index in [1.165, 1.54) is 0 Å². The molecule has 1 unspecified atom stereocenters. The Morgan fingerprint density at radius 3 is 2.79 bits per heavy atom. The average molecular weight is 268 g/mol. The van der Waals surface area contributed by atoms with Crippen molar-refractivity contribution in [1.29, 1.82) is 0 Å². The highest BCUT2D eigenvalue weighted by Gasteiger charge is 2.39. The first kappa shape index (κ1) is 14.4. The quantitative estimate of drug-likeness (QED) is 0.729. The van der Waals surface area contributed by atoms with Crippen molar-refractivity contribution in [3.8, 4) is 0 Å². The fourth-order valence-electron chi connectivity index (χ4n) is 2.78. The fraction of sp³-hybridized carbons (Fsp3) is 0.846. The van der Waals surface area contributed by atoms with Crippen LogP contribution in [0.2, 0.25) is 0 Å². The minimum Gasteiger partial charge on any atom is -0.389 e. The number of piperidine rings is 1. The molecule has 0 saturated carbocycles. The van der Waals surface area contributed by atoms with Gasteiger partial charge in [0.1, 0.15) is 11.3 Å². The van der Waals surface area contributed by atoms with Crippen molar-refractivity contribution in [1.82, 2.24) is 20.3 Å². The Kier molecular flexibility index (Phi) is 4.23. The van der Waals surface area contributed by atoms with Crippen LogP contribution in [-0.2, 0) is 5.60 Å². The molecule has 19 heavy (non-hydrogen) atoms. The van der Waals surface area contributed by atoms with E-state index in [2.05, 4.69) is 20.3 Å². The highest BCUT2D eigenvalue weighted by Crippen LogP contribution is 2.31. The van der Waals surface area contributed by atoms with Crippen LogP contribution in [0, 0.1) is 0 Å². The average Bonchev–Trinajstić information content (AvgIpc) is 2.93. The lowest BCUT2D eigenvalue weighted by molar-refractivity contribution is -0.0711. The summed E-state index contributed by atoms with van der Waals surface area (Å²) in [7, 11) is 0. The lowest BCUT2D eigenvalue weighted by Gasteiger charge is -2.41. The molecular weight excluding hydrogens is 244 g/mol. The van der Waals surface area contributed by atoms with Crippen LogP contribution in [0.5, 0.6) is 0 Å². The van der Waals surface area contributed by atoms with Crippen molar-refractivity contribution in [3.63, 3.8) is 0 Å². The Labute approximate surface area is 113 Å². The third-order valence-electron chi connectivity index (χ3n) is 4.28. The number of H-pyrrole nitrogens is 1. The SMILES string of the molecule is CCC(O)(CC)CN1CCCC(O)(c2cn[nH]n2)C1. The van der Waals surface area contributed by atoms with Gasteiger partial charge in [0, 0.05) is 13.1 Å². The Bertz CT molecular complexity index is 391. The van der Waals surface area contributed by atoms with Crippen LogP contribution >= 0.6 is 0 Å². The Morgan fingerprint density at radius 2 is 2.21 bits per heavy atom. The van der Waals surface area contributed by atoms with Crippen molar-refractivity contribution in [2.75, 3.05) is 19.6 Å². The number of hydrogen-bond acceptors (Lipinski definition) is 5. The molecule has 1 aliphatic rings. The van der Waals surface area contributed by atoms with Crippen molar-refractivity contribution >= 4 is 0 Å². The summed E-state index contributed by atoms with van der Waals surface area (Å²) in [5.41, 5.74) is -1.02. The number of nitrogens with zero attached hydrogens (tertiary/aromatic N) is 3. The number of nitrogens with one attached hydrogen (secondary N) is 1. The van der Waals surface area contributed by atoms with E-state index in [0.717, 1.165) is 25.8 Å². The van der Waals surface area contributed by atoms with Crippen LogP contribution in [0.3, 0.4) is 0 Å². The third-order valence-corrected chi connectivity index (χ3v) is 4.28. The molecule has 0 spiro atoms. The first-order chi connectivity index (χ1) is 9.01. The molecule has 0 radical (unpaired) electrons. The van der Waals surface area contributed by atoms with Gasteiger partial charge in [-0.05, 0) is 32.2 Å². The van der Waals surface area contributed by atoms with Gasteiger partial charge in [-0.3, -0.25) is 4.90 Å². The second-order valence-corrected chi connectivity index (χ2v) is 5.63. The summed E-state index contributed by atoms with van der Waals surface area (Å²) in [6, 6.07) is 0. The first-order valence-electron chi connectivity index (χ1n) is 7.05. The largest absolute Gasteiger partial charge is 0.389 e. The highest BCUT2D eigenvalue weighted by molar-refractivity contribution is 5.09. The maximum absolute atomic E-state index is 10.7. The minimum absolute atomic E-state index is 0.502. The van der Waals surface area contributed by atoms with Crippen molar-refractivity contribution in [2.24, 2.45) is 0 Å².